The number of nitrogens with one attached hydrogen (secondary N) is 1. The van der Waals surface area contributed by atoms with Gasteiger partial charge in [-0.1, -0.05) is 0 Å². The predicted molar refractivity (Wildman–Crippen MR) is 57.5 cm³/mol. The maximum Gasteiger partial charge on any atom is 0.144 e. The average Bonchev–Trinajstić information content (AvgIpc) is 2.82. The Labute approximate surface area is 87.5 Å². The van der Waals surface area contributed by atoms with E-state index in [1.54, 1.807) is 6.20 Å². The van der Waals surface area contributed by atoms with Crippen LogP contribution in [0.15, 0.2) is 36.7 Å². The Balaban J connectivity index is 2.04. The summed E-state index contributed by atoms with van der Waals surface area (Å²) in [5.74, 6) is 0.897. The van der Waals surface area contributed by atoms with Crippen molar-refractivity contribution in [3.05, 3.63) is 36.7 Å². The molecule has 15 heavy (non-hydrogen) atoms. The number of hydrogen-bond acceptors (Lipinski definition) is 3. The second kappa shape index (κ2) is 3.31. The highest BCUT2D eigenvalue weighted by Crippen LogP contribution is 2.29. The van der Waals surface area contributed by atoms with E-state index < -0.39 is 0 Å². The molecule has 0 unspecified atom stereocenters. The molecule has 1 aromatic carbocycles. The molecule has 1 N–H and O–H groups in total. The Morgan fingerprint density at radius 1 is 1.40 bits per heavy atom. The zero-order valence-corrected chi connectivity index (χ0v) is 8.18. The highest BCUT2D eigenvalue weighted by atomic mass is 16.5. The predicted octanol–water partition coefficient (Wildman–Crippen LogP) is 1.68. The molecule has 0 bridgehead atoms. The largest absolute Gasteiger partial charge is 0.490 e. The van der Waals surface area contributed by atoms with Crippen LogP contribution in [0.3, 0.4) is 0 Å². The third-order valence-electron chi connectivity index (χ3n) is 2.41. The molecule has 4 heteroatoms. The fourth-order valence-corrected chi connectivity index (χ4v) is 1.69. The first-order valence-corrected chi connectivity index (χ1v) is 4.94. The topological polar surface area (TPSA) is 39.1 Å². The van der Waals surface area contributed by atoms with E-state index in [-0.39, 0.29) is 0 Å². The molecule has 1 aliphatic rings. The van der Waals surface area contributed by atoms with Crippen LogP contribution in [0.5, 0.6) is 5.75 Å². The van der Waals surface area contributed by atoms with Gasteiger partial charge in [-0.2, -0.15) is 5.10 Å². The number of hydrogen-bond donors (Lipinski definition) is 1. The molecule has 2 aromatic rings. The SMILES string of the molecule is c1cnn(-c2ccc3c(c2)OCCN3)c1. The van der Waals surface area contributed by atoms with E-state index in [0.717, 1.165) is 30.3 Å². The Morgan fingerprint density at radius 3 is 3.27 bits per heavy atom. The van der Waals surface area contributed by atoms with Crippen molar-refractivity contribution >= 4 is 5.69 Å². The molecule has 4 nitrogen and oxygen atoms in total. The molecule has 1 aliphatic heterocycles. The fourth-order valence-electron chi connectivity index (χ4n) is 1.69. The molecule has 0 radical (unpaired) electrons. The van der Waals surface area contributed by atoms with Crippen LogP contribution in [0, 0.1) is 0 Å². The Bertz CT molecular complexity index is 465. The van der Waals surface area contributed by atoms with Crippen molar-refractivity contribution < 1.29 is 4.74 Å². The maximum absolute atomic E-state index is 5.56. The molecule has 3 rings (SSSR count). The van der Waals surface area contributed by atoms with Crippen molar-refractivity contribution in [2.75, 3.05) is 18.5 Å². The number of aromatic nitrogens is 2. The van der Waals surface area contributed by atoms with E-state index in [1.807, 2.05) is 35.1 Å². The number of nitrogens with zero attached hydrogens (tertiary/aromatic N) is 2. The molecule has 1 aromatic heterocycles. The van der Waals surface area contributed by atoms with Crippen LogP contribution in [0.1, 0.15) is 0 Å². The van der Waals surface area contributed by atoms with Crippen LogP contribution < -0.4 is 10.1 Å². The summed E-state index contributed by atoms with van der Waals surface area (Å²) in [4.78, 5) is 0. The lowest BCUT2D eigenvalue weighted by Gasteiger charge is -2.19. The third kappa shape index (κ3) is 1.44. The van der Waals surface area contributed by atoms with Crippen LogP contribution in [0.2, 0.25) is 0 Å². The first-order valence-electron chi connectivity index (χ1n) is 4.94. The standard InChI is InChI=1S/C11H11N3O/c1-4-13-14(6-1)9-2-3-10-11(8-9)15-7-5-12-10/h1-4,6,8,12H,5,7H2. The van der Waals surface area contributed by atoms with Crippen LogP contribution in [-0.4, -0.2) is 22.9 Å². The number of fused-ring (bicyclic) bond motifs is 1. The summed E-state index contributed by atoms with van der Waals surface area (Å²) in [7, 11) is 0. The number of rotatable bonds is 1. The highest BCUT2D eigenvalue weighted by molar-refractivity contribution is 5.61. The van der Waals surface area contributed by atoms with E-state index in [9.17, 15) is 0 Å². The lowest BCUT2D eigenvalue weighted by molar-refractivity contribution is 0.323. The van der Waals surface area contributed by atoms with Gasteiger partial charge in [-0.25, -0.2) is 4.68 Å². The lowest BCUT2D eigenvalue weighted by atomic mass is 10.2. The van der Waals surface area contributed by atoms with Gasteiger partial charge in [0.2, 0.25) is 0 Å². The first-order chi connectivity index (χ1) is 7.43. The van der Waals surface area contributed by atoms with Gasteiger partial charge in [-0.05, 0) is 18.2 Å². The quantitative estimate of drug-likeness (QED) is 0.763. The minimum absolute atomic E-state index is 0.718. The smallest absolute Gasteiger partial charge is 0.144 e. The lowest BCUT2D eigenvalue weighted by Crippen LogP contribution is -2.18. The summed E-state index contributed by atoms with van der Waals surface area (Å²) < 4.78 is 7.38. The highest BCUT2D eigenvalue weighted by Gasteiger charge is 2.10. The average molecular weight is 201 g/mol. The summed E-state index contributed by atoms with van der Waals surface area (Å²) >= 11 is 0. The van der Waals surface area contributed by atoms with Crippen LogP contribution in [-0.2, 0) is 0 Å². The summed E-state index contributed by atoms with van der Waals surface area (Å²) in [5, 5.41) is 7.46. The van der Waals surface area contributed by atoms with Gasteiger partial charge in [0.15, 0.2) is 0 Å². The summed E-state index contributed by atoms with van der Waals surface area (Å²) in [5.41, 5.74) is 2.07. The van der Waals surface area contributed by atoms with Gasteiger partial charge in [0, 0.05) is 25.0 Å². The first kappa shape index (κ1) is 8.35. The summed E-state index contributed by atoms with van der Waals surface area (Å²) in [6.45, 7) is 1.59. The second-order valence-corrected chi connectivity index (χ2v) is 3.41. The Morgan fingerprint density at radius 2 is 2.40 bits per heavy atom. The van der Waals surface area contributed by atoms with Crippen molar-refractivity contribution in [1.29, 1.82) is 0 Å². The maximum atomic E-state index is 5.56. The molecule has 0 saturated carbocycles. The van der Waals surface area contributed by atoms with Gasteiger partial charge < -0.3 is 10.1 Å². The van der Waals surface area contributed by atoms with E-state index in [0.29, 0.717) is 0 Å². The van der Waals surface area contributed by atoms with Crippen molar-refractivity contribution in [3.63, 3.8) is 0 Å². The molecule has 0 saturated heterocycles. The molecule has 76 valence electrons. The molecule has 0 amide bonds. The van der Waals surface area contributed by atoms with E-state index in [1.165, 1.54) is 0 Å². The molecule has 0 aliphatic carbocycles. The van der Waals surface area contributed by atoms with Crippen molar-refractivity contribution in [3.8, 4) is 11.4 Å². The minimum Gasteiger partial charge on any atom is -0.490 e. The second-order valence-electron chi connectivity index (χ2n) is 3.41. The van der Waals surface area contributed by atoms with Gasteiger partial charge in [0.1, 0.15) is 12.4 Å². The Kier molecular flexibility index (Phi) is 1.84. The van der Waals surface area contributed by atoms with Crippen LogP contribution in [0.4, 0.5) is 5.69 Å². The van der Waals surface area contributed by atoms with Gasteiger partial charge in [-0.3, -0.25) is 0 Å². The minimum atomic E-state index is 0.718. The summed E-state index contributed by atoms with van der Waals surface area (Å²) in [6, 6.07) is 7.94. The molecule has 0 atom stereocenters. The van der Waals surface area contributed by atoms with Gasteiger partial charge >= 0.3 is 0 Å². The van der Waals surface area contributed by atoms with Crippen molar-refractivity contribution in [2.45, 2.75) is 0 Å². The molecular formula is C11H11N3O. The van der Waals surface area contributed by atoms with Gasteiger partial charge in [-0.15, -0.1) is 0 Å². The van der Waals surface area contributed by atoms with Crippen LogP contribution >= 0.6 is 0 Å². The Hall–Kier alpha value is -1.97. The monoisotopic (exact) mass is 201 g/mol. The number of anilines is 1. The van der Waals surface area contributed by atoms with Gasteiger partial charge in [0.05, 0.1) is 11.4 Å². The molecule has 0 spiro atoms. The molecular weight excluding hydrogens is 190 g/mol. The van der Waals surface area contributed by atoms with Crippen LogP contribution in [0.25, 0.3) is 5.69 Å². The summed E-state index contributed by atoms with van der Waals surface area (Å²) in [6.07, 6.45) is 3.68. The normalized spacial score (nSPS) is 13.9. The van der Waals surface area contributed by atoms with Crippen molar-refractivity contribution in [2.24, 2.45) is 0 Å². The number of ether oxygens (including phenoxy) is 1. The zero-order valence-electron chi connectivity index (χ0n) is 8.18. The molecule has 2 heterocycles. The fraction of sp³-hybridized carbons (Fsp3) is 0.182. The zero-order chi connectivity index (χ0) is 10.1. The molecule has 0 fully saturated rings. The van der Waals surface area contributed by atoms with Crippen molar-refractivity contribution in [1.82, 2.24) is 9.78 Å². The number of benzene rings is 1. The van der Waals surface area contributed by atoms with E-state index in [4.69, 9.17) is 4.74 Å². The van der Waals surface area contributed by atoms with E-state index in [2.05, 4.69) is 10.4 Å². The third-order valence-corrected chi connectivity index (χ3v) is 2.41. The van der Waals surface area contributed by atoms with E-state index >= 15 is 0 Å². The van der Waals surface area contributed by atoms with Gasteiger partial charge in [0.25, 0.3) is 0 Å².